The Hall–Kier alpha value is -2.79. The second kappa shape index (κ2) is 10.4. The number of amides is 1. The highest BCUT2D eigenvalue weighted by atomic mass is 32.2. The topological polar surface area (TPSA) is 111 Å². The molecule has 2 aliphatic heterocycles. The molecule has 3 atom stereocenters. The summed E-state index contributed by atoms with van der Waals surface area (Å²) in [5, 5.41) is 7.01. The van der Waals surface area contributed by atoms with Crippen LogP contribution in [0.4, 0.5) is 10.2 Å². The number of aromatic nitrogens is 2. The van der Waals surface area contributed by atoms with Crippen molar-refractivity contribution in [3.63, 3.8) is 0 Å². The number of carbonyl (C=O) groups excluding carboxylic acids is 1. The summed E-state index contributed by atoms with van der Waals surface area (Å²) in [6, 6.07) is 9.27. The van der Waals surface area contributed by atoms with Gasteiger partial charge in [0, 0.05) is 29.6 Å². The van der Waals surface area contributed by atoms with E-state index in [-0.39, 0.29) is 29.9 Å². The summed E-state index contributed by atoms with van der Waals surface area (Å²) >= 11 is 1.50. The molecular formula is C25H28FN5O3S. The lowest BCUT2D eigenvalue weighted by Crippen LogP contribution is -2.47. The Morgan fingerprint density at radius 3 is 3.03 bits per heavy atom. The largest absolute Gasteiger partial charge is 0.494 e. The average Bonchev–Trinajstić information content (AvgIpc) is 2.88. The Morgan fingerprint density at radius 1 is 1.34 bits per heavy atom. The predicted molar refractivity (Wildman–Crippen MR) is 133 cm³/mol. The first-order chi connectivity index (χ1) is 17.0. The van der Waals surface area contributed by atoms with Crippen molar-refractivity contribution in [1.82, 2.24) is 15.3 Å². The van der Waals surface area contributed by atoms with Gasteiger partial charge in [-0.3, -0.25) is 4.79 Å². The summed E-state index contributed by atoms with van der Waals surface area (Å²) in [5.74, 6) is 1.26. The van der Waals surface area contributed by atoms with Crippen LogP contribution in [0.5, 0.6) is 5.75 Å². The maximum Gasteiger partial charge on any atom is 0.235 e. The smallest absolute Gasteiger partial charge is 0.235 e. The van der Waals surface area contributed by atoms with E-state index in [2.05, 4.69) is 20.6 Å². The second-order valence-electron chi connectivity index (χ2n) is 8.82. The molecule has 0 saturated carbocycles. The standard InChI is InChI=1S/C25H28FN5O3S/c1-33-21-4-2-3-16-17(18(26)11-29-24(16)21)9-19(27)20-7-5-15(12-34-20)28-10-14-6-8-22-25(30-14)31-23(32)13-35-22/h2-4,6,8,11,15,19-20,28H,5,7,9-10,12-13,27H2,1H3,(H,30,31,32)/t15-,19-,20+/m1/s1. The summed E-state index contributed by atoms with van der Waals surface area (Å²) in [7, 11) is 1.57. The number of halogens is 1. The van der Waals surface area contributed by atoms with Gasteiger partial charge in [-0.15, -0.1) is 11.8 Å². The van der Waals surface area contributed by atoms with Gasteiger partial charge in [0.25, 0.3) is 0 Å². The van der Waals surface area contributed by atoms with Crippen molar-refractivity contribution in [2.75, 3.05) is 24.8 Å². The van der Waals surface area contributed by atoms with Crippen LogP contribution in [-0.2, 0) is 22.5 Å². The number of nitrogens with zero attached hydrogens (tertiary/aromatic N) is 2. The normalized spacial score (nSPS) is 20.8. The molecule has 0 bridgehead atoms. The average molecular weight is 498 g/mol. The SMILES string of the molecule is COc1cccc2c(C[C@@H](N)[C@@H]3CC[C@@H](NCc4ccc5c(n4)NC(=O)CS5)CO3)c(F)cnc12. The van der Waals surface area contributed by atoms with E-state index < -0.39 is 0 Å². The van der Waals surface area contributed by atoms with E-state index in [1.807, 2.05) is 30.3 Å². The molecule has 35 heavy (non-hydrogen) atoms. The number of anilines is 1. The molecule has 0 spiro atoms. The van der Waals surface area contributed by atoms with Crippen LogP contribution in [0.25, 0.3) is 10.9 Å². The Balaban J connectivity index is 1.17. The minimum atomic E-state index is -0.372. The molecule has 0 unspecified atom stereocenters. The zero-order valence-electron chi connectivity index (χ0n) is 19.4. The third kappa shape index (κ3) is 5.25. The summed E-state index contributed by atoms with van der Waals surface area (Å²) in [6.45, 7) is 1.10. The number of nitrogens with one attached hydrogen (secondary N) is 2. The summed E-state index contributed by atoms with van der Waals surface area (Å²) in [5.41, 5.74) is 8.51. The van der Waals surface area contributed by atoms with Gasteiger partial charge in [-0.1, -0.05) is 12.1 Å². The molecule has 1 saturated heterocycles. The number of rotatable bonds is 7. The van der Waals surface area contributed by atoms with Gasteiger partial charge in [0.05, 0.1) is 42.4 Å². The van der Waals surface area contributed by atoms with Gasteiger partial charge < -0.3 is 25.8 Å². The third-order valence-corrected chi connectivity index (χ3v) is 7.52. The van der Waals surface area contributed by atoms with Gasteiger partial charge in [0.1, 0.15) is 22.9 Å². The number of hydrogen-bond donors (Lipinski definition) is 3. The molecule has 5 rings (SSSR count). The van der Waals surface area contributed by atoms with Crippen molar-refractivity contribution < 1.29 is 18.7 Å². The van der Waals surface area contributed by atoms with E-state index in [0.717, 1.165) is 23.4 Å². The predicted octanol–water partition coefficient (Wildman–Crippen LogP) is 3.03. The molecule has 1 fully saturated rings. The molecule has 0 aliphatic carbocycles. The van der Waals surface area contributed by atoms with Crippen LogP contribution < -0.4 is 21.1 Å². The first-order valence-corrected chi connectivity index (χ1v) is 12.6. The molecule has 1 amide bonds. The Bertz CT molecular complexity index is 1240. The summed E-state index contributed by atoms with van der Waals surface area (Å²) in [4.78, 5) is 21.4. The number of para-hydroxylation sites is 1. The van der Waals surface area contributed by atoms with Crippen LogP contribution in [0.15, 0.2) is 41.4 Å². The second-order valence-corrected chi connectivity index (χ2v) is 9.84. The van der Waals surface area contributed by atoms with E-state index >= 15 is 0 Å². The molecule has 3 aromatic rings. The van der Waals surface area contributed by atoms with Crippen molar-refractivity contribution in [1.29, 1.82) is 0 Å². The first kappa shape index (κ1) is 23.9. The minimum Gasteiger partial charge on any atom is -0.494 e. The van der Waals surface area contributed by atoms with Crippen LogP contribution in [-0.4, -0.2) is 53.5 Å². The van der Waals surface area contributed by atoms with Crippen LogP contribution in [0.1, 0.15) is 24.1 Å². The Labute approximate surface area is 207 Å². The number of benzene rings is 1. The maximum atomic E-state index is 14.7. The van der Waals surface area contributed by atoms with Crippen LogP contribution in [0, 0.1) is 5.82 Å². The highest BCUT2D eigenvalue weighted by Gasteiger charge is 2.28. The number of nitrogens with two attached hydrogens (primary N) is 1. The van der Waals surface area contributed by atoms with E-state index in [4.69, 9.17) is 15.2 Å². The Kier molecular flexibility index (Phi) is 7.14. The first-order valence-electron chi connectivity index (χ1n) is 11.6. The number of pyridine rings is 2. The van der Waals surface area contributed by atoms with E-state index in [9.17, 15) is 9.18 Å². The quantitative estimate of drug-likeness (QED) is 0.457. The summed E-state index contributed by atoms with van der Waals surface area (Å²) in [6.07, 6.45) is 3.09. The lowest BCUT2D eigenvalue weighted by Gasteiger charge is -2.33. The third-order valence-electron chi connectivity index (χ3n) is 6.47. The fourth-order valence-corrected chi connectivity index (χ4v) is 5.34. The van der Waals surface area contributed by atoms with Gasteiger partial charge in [-0.25, -0.2) is 14.4 Å². The zero-order valence-corrected chi connectivity index (χ0v) is 20.2. The van der Waals surface area contributed by atoms with E-state index in [1.54, 1.807) is 7.11 Å². The van der Waals surface area contributed by atoms with E-state index in [1.165, 1.54) is 18.0 Å². The zero-order chi connectivity index (χ0) is 24.4. The molecular weight excluding hydrogens is 469 g/mol. The van der Waals surface area contributed by atoms with Crippen molar-refractivity contribution in [2.24, 2.45) is 5.73 Å². The van der Waals surface area contributed by atoms with Crippen molar-refractivity contribution in [3.05, 3.63) is 53.6 Å². The van der Waals surface area contributed by atoms with Gasteiger partial charge in [-0.05, 0) is 37.5 Å². The van der Waals surface area contributed by atoms with Crippen LogP contribution in [0.2, 0.25) is 0 Å². The molecule has 2 aromatic heterocycles. The van der Waals surface area contributed by atoms with Gasteiger partial charge in [0.15, 0.2) is 0 Å². The lowest BCUT2D eigenvalue weighted by molar-refractivity contribution is -0.113. The molecule has 8 nitrogen and oxygen atoms in total. The molecule has 184 valence electrons. The highest BCUT2D eigenvalue weighted by Crippen LogP contribution is 2.30. The maximum absolute atomic E-state index is 14.7. The van der Waals surface area contributed by atoms with Crippen LogP contribution >= 0.6 is 11.8 Å². The van der Waals surface area contributed by atoms with Gasteiger partial charge in [0.2, 0.25) is 5.91 Å². The molecule has 4 heterocycles. The number of ether oxygens (including phenoxy) is 2. The molecule has 2 aliphatic rings. The van der Waals surface area contributed by atoms with Gasteiger partial charge in [-0.2, -0.15) is 0 Å². The number of hydrogen-bond acceptors (Lipinski definition) is 8. The lowest BCUT2D eigenvalue weighted by atomic mass is 9.93. The molecule has 0 radical (unpaired) electrons. The van der Waals surface area contributed by atoms with Gasteiger partial charge >= 0.3 is 0 Å². The van der Waals surface area contributed by atoms with E-state index in [0.29, 0.717) is 53.4 Å². The van der Waals surface area contributed by atoms with Crippen molar-refractivity contribution in [2.45, 2.75) is 48.9 Å². The molecule has 10 heteroatoms. The Morgan fingerprint density at radius 2 is 2.23 bits per heavy atom. The fourth-order valence-electron chi connectivity index (χ4n) is 4.59. The fraction of sp³-hybridized carbons (Fsp3) is 0.400. The molecule has 1 aromatic carbocycles. The molecule has 4 N–H and O–H groups in total. The monoisotopic (exact) mass is 497 g/mol. The minimum absolute atomic E-state index is 0.0260. The number of fused-ring (bicyclic) bond motifs is 2. The van der Waals surface area contributed by atoms with Crippen molar-refractivity contribution >= 4 is 34.4 Å². The number of methoxy groups -OCH3 is 1. The van der Waals surface area contributed by atoms with Crippen molar-refractivity contribution in [3.8, 4) is 5.75 Å². The number of thioether (sulfide) groups is 1. The summed E-state index contributed by atoms with van der Waals surface area (Å²) < 4.78 is 26.1. The number of carbonyl (C=O) groups is 1. The van der Waals surface area contributed by atoms with Crippen LogP contribution in [0.3, 0.4) is 0 Å². The highest BCUT2D eigenvalue weighted by molar-refractivity contribution is 8.00.